The van der Waals surface area contributed by atoms with Crippen LogP contribution in [0.15, 0.2) is 89.6 Å². The maximum Gasteiger partial charge on any atom is 0.250 e. The summed E-state index contributed by atoms with van der Waals surface area (Å²) < 4.78 is 1.85. The number of hydrogen-bond donors (Lipinski definition) is 2. The molecule has 2 N–H and O–H groups in total. The molecule has 0 aliphatic rings. The number of para-hydroxylation sites is 1. The van der Waals surface area contributed by atoms with Gasteiger partial charge in [-0.3, -0.25) is 9.36 Å². The van der Waals surface area contributed by atoms with Crippen molar-refractivity contribution in [2.24, 2.45) is 5.10 Å². The Morgan fingerprint density at radius 2 is 1.75 bits per heavy atom. The van der Waals surface area contributed by atoms with Crippen LogP contribution in [0.1, 0.15) is 11.1 Å². The second-order valence-corrected chi connectivity index (χ2v) is 9.37. The molecule has 1 aromatic heterocycles. The van der Waals surface area contributed by atoms with Gasteiger partial charge in [0.1, 0.15) is 5.75 Å². The van der Waals surface area contributed by atoms with Crippen molar-refractivity contribution in [3.05, 3.63) is 101 Å². The fourth-order valence-corrected chi connectivity index (χ4v) is 4.34. The zero-order valence-electron chi connectivity index (χ0n) is 18.9. The van der Waals surface area contributed by atoms with E-state index in [1.54, 1.807) is 48.5 Å². The third-order valence-corrected chi connectivity index (χ3v) is 6.49. The van der Waals surface area contributed by atoms with Crippen LogP contribution in [-0.4, -0.2) is 37.7 Å². The highest BCUT2D eigenvalue weighted by Crippen LogP contribution is 2.29. The number of amides is 1. The Morgan fingerprint density at radius 3 is 2.44 bits per heavy atom. The second-order valence-electron chi connectivity index (χ2n) is 7.55. The van der Waals surface area contributed by atoms with E-state index in [-0.39, 0.29) is 17.4 Å². The summed E-state index contributed by atoms with van der Waals surface area (Å²) in [4.78, 5) is 12.5. The van der Waals surface area contributed by atoms with Crippen LogP contribution in [0.25, 0.3) is 17.1 Å². The Hall–Kier alpha value is -3.59. The fraction of sp³-hybridized carbons (Fsp3) is 0.0769. The molecule has 0 unspecified atom stereocenters. The number of halogens is 2. The predicted octanol–water partition coefficient (Wildman–Crippen LogP) is 5.92. The quantitative estimate of drug-likeness (QED) is 0.120. The van der Waals surface area contributed by atoms with Gasteiger partial charge in [0.25, 0.3) is 5.91 Å². The van der Waals surface area contributed by atoms with E-state index in [0.717, 1.165) is 16.8 Å². The number of nitrogens with zero attached hydrogens (tertiary/aromatic N) is 4. The van der Waals surface area contributed by atoms with Gasteiger partial charge in [-0.05, 0) is 66.6 Å². The zero-order valence-corrected chi connectivity index (χ0v) is 21.3. The van der Waals surface area contributed by atoms with Crippen LogP contribution >= 0.6 is 35.0 Å². The van der Waals surface area contributed by atoms with Crippen LogP contribution in [-0.2, 0) is 11.2 Å². The van der Waals surface area contributed by atoms with Gasteiger partial charge in [0.15, 0.2) is 11.0 Å². The molecule has 0 spiro atoms. The summed E-state index contributed by atoms with van der Waals surface area (Å²) in [6.07, 6.45) is 3.64. The number of carbonyl (C=O) groups excluding carboxylic acids is 1. The van der Waals surface area contributed by atoms with Crippen LogP contribution in [0.4, 0.5) is 0 Å². The Balaban J connectivity index is 1.49. The number of carbonyl (C=O) groups is 1. The maximum atomic E-state index is 12.5. The molecular weight excluding hydrogens is 517 g/mol. The number of aromatic hydroxyl groups is 1. The lowest BCUT2D eigenvalue weighted by Crippen LogP contribution is -2.20. The number of allylic oxidation sites excluding steroid dienone is 1. The first-order chi connectivity index (χ1) is 17.5. The van der Waals surface area contributed by atoms with Crippen molar-refractivity contribution in [3.8, 4) is 22.8 Å². The summed E-state index contributed by atoms with van der Waals surface area (Å²) >= 11 is 13.3. The number of nitrogens with one attached hydrogen (secondary N) is 1. The third kappa shape index (κ3) is 6.15. The van der Waals surface area contributed by atoms with E-state index in [4.69, 9.17) is 23.2 Å². The molecule has 36 heavy (non-hydrogen) atoms. The summed E-state index contributed by atoms with van der Waals surface area (Å²) in [6, 6.07) is 19.8. The SMILES string of the molecule is C=CCc1cccc(/C=N/NC(=O)CSc2nnc(-c3ccc(Cl)cc3)n2-c2ccc(Cl)cc2)c1O. The number of rotatable bonds is 9. The second kappa shape index (κ2) is 11.9. The molecule has 0 saturated heterocycles. The number of aromatic nitrogens is 3. The molecule has 182 valence electrons. The topological polar surface area (TPSA) is 92.4 Å². The number of phenols is 1. The maximum absolute atomic E-state index is 12.5. The molecule has 0 fully saturated rings. The highest BCUT2D eigenvalue weighted by atomic mass is 35.5. The number of thioether (sulfide) groups is 1. The van der Waals surface area contributed by atoms with E-state index in [9.17, 15) is 9.90 Å². The summed E-state index contributed by atoms with van der Waals surface area (Å²) in [5.74, 6) is 0.420. The van der Waals surface area contributed by atoms with Gasteiger partial charge in [0, 0.05) is 26.9 Å². The lowest BCUT2D eigenvalue weighted by molar-refractivity contribution is -0.118. The van der Waals surface area contributed by atoms with E-state index >= 15 is 0 Å². The molecule has 0 atom stereocenters. The minimum absolute atomic E-state index is 0.0478. The standard InChI is InChI=1S/C26H21Cl2N5O2S/c1-2-4-17-5-3-6-19(24(17)35)15-29-30-23(34)16-36-26-32-31-25(18-7-9-20(27)10-8-18)33(26)22-13-11-21(28)12-14-22/h2-3,5-15,35H,1,4,16H2,(H,30,34)/b29-15+. The Kier molecular flexibility index (Phi) is 8.43. The first-order valence-electron chi connectivity index (χ1n) is 10.8. The summed E-state index contributed by atoms with van der Waals surface area (Å²) in [5, 5.41) is 24.7. The molecule has 0 radical (unpaired) electrons. The van der Waals surface area contributed by atoms with Gasteiger partial charge in [0.05, 0.1) is 12.0 Å². The molecule has 0 aliphatic heterocycles. The van der Waals surface area contributed by atoms with Crippen molar-refractivity contribution < 1.29 is 9.90 Å². The smallest absolute Gasteiger partial charge is 0.250 e. The van der Waals surface area contributed by atoms with Gasteiger partial charge < -0.3 is 5.11 Å². The molecule has 1 amide bonds. The minimum Gasteiger partial charge on any atom is -0.507 e. The number of phenolic OH excluding ortho intramolecular Hbond substituents is 1. The fourth-order valence-electron chi connectivity index (χ4n) is 3.34. The number of hydrogen-bond acceptors (Lipinski definition) is 6. The van der Waals surface area contributed by atoms with Gasteiger partial charge in [-0.1, -0.05) is 53.2 Å². The minimum atomic E-state index is -0.336. The predicted molar refractivity (Wildman–Crippen MR) is 145 cm³/mol. The largest absolute Gasteiger partial charge is 0.507 e. The molecule has 10 heteroatoms. The lowest BCUT2D eigenvalue weighted by Gasteiger charge is -2.10. The van der Waals surface area contributed by atoms with Crippen LogP contribution in [0.3, 0.4) is 0 Å². The van der Waals surface area contributed by atoms with Crippen molar-refractivity contribution in [2.45, 2.75) is 11.6 Å². The Labute approximate surface area is 222 Å². The van der Waals surface area contributed by atoms with Crippen molar-refractivity contribution >= 4 is 47.1 Å². The molecule has 4 aromatic rings. The van der Waals surface area contributed by atoms with Crippen molar-refractivity contribution in [3.63, 3.8) is 0 Å². The molecule has 0 aliphatic carbocycles. The van der Waals surface area contributed by atoms with E-state index in [1.165, 1.54) is 18.0 Å². The third-order valence-electron chi connectivity index (χ3n) is 5.06. The van der Waals surface area contributed by atoms with Crippen molar-refractivity contribution in [2.75, 3.05) is 5.75 Å². The van der Waals surface area contributed by atoms with Crippen molar-refractivity contribution in [1.29, 1.82) is 0 Å². The molecule has 0 bridgehead atoms. The zero-order chi connectivity index (χ0) is 25.5. The van der Waals surface area contributed by atoms with Gasteiger partial charge >= 0.3 is 0 Å². The van der Waals surface area contributed by atoms with Crippen LogP contribution in [0.2, 0.25) is 10.0 Å². The average Bonchev–Trinajstić information content (AvgIpc) is 3.30. The molecule has 0 saturated carbocycles. The molecule has 3 aromatic carbocycles. The van der Waals surface area contributed by atoms with Crippen LogP contribution < -0.4 is 5.43 Å². The van der Waals surface area contributed by atoms with Crippen LogP contribution in [0, 0.1) is 0 Å². The van der Waals surface area contributed by atoms with Crippen molar-refractivity contribution in [1.82, 2.24) is 20.2 Å². The Bertz CT molecular complexity index is 1400. The normalized spacial score (nSPS) is 11.1. The molecule has 4 rings (SSSR count). The Morgan fingerprint density at radius 1 is 1.06 bits per heavy atom. The van der Waals surface area contributed by atoms with E-state index in [0.29, 0.717) is 33.0 Å². The van der Waals surface area contributed by atoms with Gasteiger partial charge in [-0.25, -0.2) is 5.43 Å². The summed E-state index contributed by atoms with van der Waals surface area (Å²) in [7, 11) is 0. The lowest BCUT2D eigenvalue weighted by atomic mass is 10.1. The summed E-state index contributed by atoms with van der Waals surface area (Å²) in [6.45, 7) is 3.68. The van der Waals surface area contributed by atoms with Gasteiger partial charge in [-0.2, -0.15) is 5.10 Å². The highest BCUT2D eigenvalue weighted by Gasteiger charge is 2.17. The average molecular weight is 538 g/mol. The monoisotopic (exact) mass is 537 g/mol. The first kappa shape index (κ1) is 25.5. The number of benzene rings is 3. The van der Waals surface area contributed by atoms with Gasteiger partial charge in [0.2, 0.25) is 0 Å². The number of hydrazone groups is 1. The first-order valence-corrected chi connectivity index (χ1v) is 12.5. The van der Waals surface area contributed by atoms with E-state index < -0.39 is 0 Å². The van der Waals surface area contributed by atoms with E-state index in [2.05, 4.69) is 27.3 Å². The molecule has 1 heterocycles. The van der Waals surface area contributed by atoms with Gasteiger partial charge in [-0.15, -0.1) is 16.8 Å². The van der Waals surface area contributed by atoms with E-state index in [1.807, 2.05) is 28.8 Å². The van der Waals surface area contributed by atoms with Crippen LogP contribution in [0.5, 0.6) is 5.75 Å². The summed E-state index contributed by atoms with van der Waals surface area (Å²) in [5.41, 5.74) is 5.33. The highest BCUT2D eigenvalue weighted by molar-refractivity contribution is 7.99. The molecule has 7 nitrogen and oxygen atoms in total. The molecular formula is C26H21Cl2N5O2S.